The third-order valence-corrected chi connectivity index (χ3v) is 4.44. The molecular formula is C24H22O6. The summed E-state index contributed by atoms with van der Waals surface area (Å²) in [4.78, 5) is 24.8. The molecule has 0 radical (unpaired) electrons. The van der Waals surface area contributed by atoms with Crippen LogP contribution in [0.1, 0.15) is 31.8 Å². The van der Waals surface area contributed by atoms with Crippen LogP contribution in [0, 0.1) is 0 Å². The summed E-state index contributed by atoms with van der Waals surface area (Å²) in [7, 11) is 3.11. The number of rotatable bonds is 8. The average molecular weight is 406 g/mol. The zero-order valence-corrected chi connectivity index (χ0v) is 16.8. The van der Waals surface area contributed by atoms with Gasteiger partial charge >= 0.3 is 11.9 Å². The monoisotopic (exact) mass is 406 g/mol. The van der Waals surface area contributed by atoms with Crippen molar-refractivity contribution in [1.29, 1.82) is 0 Å². The molecule has 3 rings (SSSR count). The van der Waals surface area contributed by atoms with Crippen LogP contribution in [-0.4, -0.2) is 26.2 Å². The van der Waals surface area contributed by atoms with Crippen molar-refractivity contribution in [3.8, 4) is 11.5 Å². The number of benzene rings is 3. The Balaban J connectivity index is 1.63. The van der Waals surface area contributed by atoms with Crippen LogP contribution in [-0.2, 0) is 22.7 Å². The van der Waals surface area contributed by atoms with Gasteiger partial charge in [-0.3, -0.25) is 0 Å². The number of carbonyl (C=O) groups is 2. The number of methoxy groups -OCH3 is 2. The van der Waals surface area contributed by atoms with E-state index in [-0.39, 0.29) is 24.3 Å². The first-order valence-corrected chi connectivity index (χ1v) is 9.30. The smallest absolute Gasteiger partial charge is 0.338 e. The second kappa shape index (κ2) is 10.1. The van der Waals surface area contributed by atoms with E-state index in [1.165, 1.54) is 6.07 Å². The highest BCUT2D eigenvalue weighted by atomic mass is 16.5. The molecule has 154 valence electrons. The Morgan fingerprint density at radius 1 is 0.633 bits per heavy atom. The van der Waals surface area contributed by atoms with E-state index in [1.54, 1.807) is 44.6 Å². The number of ether oxygens (including phenoxy) is 4. The lowest BCUT2D eigenvalue weighted by Gasteiger charge is -2.10. The van der Waals surface area contributed by atoms with Crippen LogP contribution in [0.3, 0.4) is 0 Å². The van der Waals surface area contributed by atoms with Crippen molar-refractivity contribution in [3.63, 3.8) is 0 Å². The Labute approximate surface area is 175 Å². The molecule has 0 aliphatic carbocycles. The lowest BCUT2D eigenvalue weighted by Crippen LogP contribution is -2.10. The van der Waals surface area contributed by atoms with Gasteiger partial charge in [0.15, 0.2) is 0 Å². The first-order chi connectivity index (χ1) is 14.6. The Bertz CT molecular complexity index is 949. The lowest BCUT2D eigenvalue weighted by molar-refractivity contribution is 0.0468. The van der Waals surface area contributed by atoms with Crippen molar-refractivity contribution in [2.75, 3.05) is 14.2 Å². The maximum atomic E-state index is 12.4. The van der Waals surface area contributed by atoms with Gasteiger partial charge in [-0.1, -0.05) is 42.5 Å². The van der Waals surface area contributed by atoms with Crippen LogP contribution in [0.25, 0.3) is 0 Å². The first kappa shape index (κ1) is 20.9. The molecule has 0 aliphatic heterocycles. The van der Waals surface area contributed by atoms with Crippen molar-refractivity contribution >= 4 is 11.9 Å². The highest BCUT2D eigenvalue weighted by molar-refractivity contribution is 5.95. The lowest BCUT2D eigenvalue weighted by atomic mass is 10.1. The van der Waals surface area contributed by atoms with Gasteiger partial charge in [-0.2, -0.15) is 0 Å². The molecule has 0 aliphatic rings. The maximum Gasteiger partial charge on any atom is 0.338 e. The second-order valence-corrected chi connectivity index (χ2v) is 6.36. The predicted octanol–water partition coefficient (Wildman–Crippen LogP) is 4.42. The molecule has 0 atom stereocenters. The zero-order chi connectivity index (χ0) is 21.3. The fourth-order valence-electron chi connectivity index (χ4n) is 2.87. The SMILES string of the molecule is COc1ccccc1COC(=O)c1cccc(C(=O)OCc2ccccc2OC)c1. The molecule has 0 bridgehead atoms. The van der Waals surface area contributed by atoms with Gasteiger partial charge in [-0.25, -0.2) is 9.59 Å². The van der Waals surface area contributed by atoms with Gasteiger partial charge < -0.3 is 18.9 Å². The molecule has 3 aromatic carbocycles. The van der Waals surface area contributed by atoms with Crippen molar-refractivity contribution in [2.24, 2.45) is 0 Å². The third kappa shape index (κ3) is 5.17. The van der Waals surface area contributed by atoms with E-state index in [2.05, 4.69) is 0 Å². The van der Waals surface area contributed by atoms with E-state index in [1.807, 2.05) is 36.4 Å². The fraction of sp³-hybridized carbons (Fsp3) is 0.167. The molecule has 0 aromatic heterocycles. The van der Waals surface area contributed by atoms with E-state index < -0.39 is 11.9 Å². The number of esters is 2. The minimum Gasteiger partial charge on any atom is -0.496 e. The molecule has 0 saturated carbocycles. The second-order valence-electron chi connectivity index (χ2n) is 6.36. The molecule has 30 heavy (non-hydrogen) atoms. The quantitative estimate of drug-likeness (QED) is 0.516. The summed E-state index contributed by atoms with van der Waals surface area (Å²) in [5, 5.41) is 0. The van der Waals surface area contributed by atoms with Crippen LogP contribution in [0.5, 0.6) is 11.5 Å². The first-order valence-electron chi connectivity index (χ1n) is 9.30. The van der Waals surface area contributed by atoms with Crippen LogP contribution in [0.15, 0.2) is 72.8 Å². The van der Waals surface area contributed by atoms with Crippen molar-refractivity contribution in [3.05, 3.63) is 95.1 Å². The molecular weight excluding hydrogens is 384 g/mol. The van der Waals surface area contributed by atoms with Gasteiger partial charge in [0, 0.05) is 11.1 Å². The standard InChI is InChI=1S/C24H22O6/c1-27-21-12-5-3-8-19(21)15-29-23(25)17-10-7-11-18(14-17)24(26)30-16-20-9-4-6-13-22(20)28-2/h3-14H,15-16H2,1-2H3. The van der Waals surface area contributed by atoms with E-state index in [4.69, 9.17) is 18.9 Å². The van der Waals surface area contributed by atoms with Gasteiger partial charge in [-0.15, -0.1) is 0 Å². The van der Waals surface area contributed by atoms with Crippen LogP contribution in [0.4, 0.5) is 0 Å². The molecule has 0 amide bonds. The molecule has 0 N–H and O–H groups in total. The van der Waals surface area contributed by atoms with Crippen LogP contribution < -0.4 is 9.47 Å². The predicted molar refractivity (Wildman–Crippen MR) is 111 cm³/mol. The summed E-state index contributed by atoms with van der Waals surface area (Å²) in [5.41, 5.74) is 2.02. The van der Waals surface area contributed by atoms with Gasteiger partial charge in [0.2, 0.25) is 0 Å². The molecule has 6 nitrogen and oxygen atoms in total. The highest BCUT2D eigenvalue weighted by Gasteiger charge is 2.14. The Kier molecular flexibility index (Phi) is 7.05. The number of carbonyl (C=O) groups excluding carboxylic acids is 2. The molecule has 0 spiro atoms. The summed E-state index contributed by atoms with van der Waals surface area (Å²) in [6, 6.07) is 20.8. The van der Waals surface area contributed by atoms with E-state index in [9.17, 15) is 9.59 Å². The minimum absolute atomic E-state index is 0.0608. The summed E-state index contributed by atoms with van der Waals surface area (Å²) in [6.45, 7) is 0.122. The Morgan fingerprint density at radius 3 is 1.50 bits per heavy atom. The number of hydrogen-bond donors (Lipinski definition) is 0. The molecule has 3 aromatic rings. The Morgan fingerprint density at radius 2 is 1.07 bits per heavy atom. The normalized spacial score (nSPS) is 10.2. The van der Waals surface area contributed by atoms with E-state index >= 15 is 0 Å². The Hall–Kier alpha value is -3.80. The van der Waals surface area contributed by atoms with Gasteiger partial charge in [0.05, 0.1) is 25.3 Å². The molecule has 0 saturated heterocycles. The minimum atomic E-state index is -0.541. The van der Waals surface area contributed by atoms with Crippen LogP contribution >= 0.6 is 0 Å². The van der Waals surface area contributed by atoms with Crippen molar-refractivity contribution in [1.82, 2.24) is 0 Å². The largest absolute Gasteiger partial charge is 0.496 e. The molecule has 6 heteroatoms. The number of para-hydroxylation sites is 2. The van der Waals surface area contributed by atoms with Gasteiger partial charge in [0.1, 0.15) is 24.7 Å². The molecule has 0 fully saturated rings. The summed E-state index contributed by atoms with van der Waals surface area (Å²) in [6.07, 6.45) is 0. The zero-order valence-electron chi connectivity index (χ0n) is 16.8. The van der Waals surface area contributed by atoms with E-state index in [0.717, 1.165) is 11.1 Å². The highest BCUT2D eigenvalue weighted by Crippen LogP contribution is 2.20. The van der Waals surface area contributed by atoms with E-state index in [0.29, 0.717) is 11.5 Å². The van der Waals surface area contributed by atoms with Crippen LogP contribution in [0.2, 0.25) is 0 Å². The van der Waals surface area contributed by atoms with Crippen molar-refractivity contribution < 1.29 is 28.5 Å². The molecule has 0 heterocycles. The number of hydrogen-bond acceptors (Lipinski definition) is 6. The maximum absolute atomic E-state index is 12.4. The average Bonchev–Trinajstić information content (AvgIpc) is 2.81. The summed E-state index contributed by atoms with van der Waals surface area (Å²) >= 11 is 0. The van der Waals surface area contributed by atoms with Gasteiger partial charge in [-0.05, 0) is 30.3 Å². The van der Waals surface area contributed by atoms with Gasteiger partial charge in [0.25, 0.3) is 0 Å². The topological polar surface area (TPSA) is 71.1 Å². The summed E-state index contributed by atoms with van der Waals surface area (Å²) in [5.74, 6) is 0.193. The van der Waals surface area contributed by atoms with Crippen molar-refractivity contribution in [2.45, 2.75) is 13.2 Å². The third-order valence-electron chi connectivity index (χ3n) is 4.44. The fourth-order valence-corrected chi connectivity index (χ4v) is 2.87. The molecule has 0 unspecified atom stereocenters. The summed E-state index contributed by atoms with van der Waals surface area (Å²) < 4.78 is 21.2.